The van der Waals surface area contributed by atoms with Gasteiger partial charge < -0.3 is 5.73 Å². The van der Waals surface area contributed by atoms with E-state index in [1.165, 1.54) is 0 Å². The molecule has 3 rings (SSSR count). The topological polar surface area (TPSA) is 43.8 Å². The largest absolute Gasteiger partial charge is 0.324 e. The van der Waals surface area contributed by atoms with Gasteiger partial charge in [0.25, 0.3) is 0 Å². The predicted octanol–water partition coefficient (Wildman–Crippen LogP) is 4.32. The lowest BCUT2D eigenvalue weighted by Crippen LogP contribution is -2.06. The van der Waals surface area contributed by atoms with Crippen LogP contribution in [-0.4, -0.2) is 9.78 Å². The molecule has 0 amide bonds. The van der Waals surface area contributed by atoms with Crippen molar-refractivity contribution in [3.8, 4) is 16.8 Å². The summed E-state index contributed by atoms with van der Waals surface area (Å²) < 4.78 is 2.88. The zero-order chi connectivity index (χ0) is 14.8. The van der Waals surface area contributed by atoms with Crippen LogP contribution < -0.4 is 5.73 Å². The van der Waals surface area contributed by atoms with Gasteiger partial charge in [0, 0.05) is 22.3 Å². The standard InChI is InChI=1S/C17H16BrN3/c1-12(19)16-8-7-15(9-17(16)18)21-11-14(10-20-21)13-5-3-2-4-6-13/h2-12H,19H2,1H3/t12-/m0/s1. The Morgan fingerprint density at radius 1 is 1.10 bits per heavy atom. The number of aromatic nitrogens is 2. The summed E-state index contributed by atoms with van der Waals surface area (Å²) in [6, 6.07) is 16.3. The minimum atomic E-state index is 0.00549. The number of hydrogen-bond acceptors (Lipinski definition) is 2. The second kappa shape index (κ2) is 5.84. The van der Waals surface area contributed by atoms with Gasteiger partial charge in [-0.15, -0.1) is 0 Å². The van der Waals surface area contributed by atoms with E-state index in [0.29, 0.717) is 0 Å². The summed E-state index contributed by atoms with van der Waals surface area (Å²) in [5.74, 6) is 0. The molecule has 0 saturated carbocycles. The Kier molecular flexibility index (Phi) is 3.90. The van der Waals surface area contributed by atoms with E-state index in [1.807, 2.05) is 60.4 Å². The quantitative estimate of drug-likeness (QED) is 0.770. The van der Waals surface area contributed by atoms with Crippen molar-refractivity contribution < 1.29 is 0 Å². The van der Waals surface area contributed by atoms with Crippen molar-refractivity contribution in [2.45, 2.75) is 13.0 Å². The first-order chi connectivity index (χ1) is 10.1. The minimum Gasteiger partial charge on any atom is -0.324 e. The van der Waals surface area contributed by atoms with Crippen molar-refractivity contribution in [1.82, 2.24) is 9.78 Å². The van der Waals surface area contributed by atoms with E-state index >= 15 is 0 Å². The van der Waals surface area contributed by atoms with Crippen molar-refractivity contribution in [3.05, 3.63) is 71.0 Å². The van der Waals surface area contributed by atoms with Gasteiger partial charge in [-0.2, -0.15) is 5.10 Å². The van der Waals surface area contributed by atoms with E-state index in [9.17, 15) is 0 Å². The highest BCUT2D eigenvalue weighted by molar-refractivity contribution is 9.10. The van der Waals surface area contributed by atoms with E-state index in [1.54, 1.807) is 0 Å². The Labute approximate surface area is 132 Å². The smallest absolute Gasteiger partial charge is 0.0657 e. The monoisotopic (exact) mass is 341 g/mol. The maximum atomic E-state index is 5.93. The lowest BCUT2D eigenvalue weighted by Gasteiger charge is -2.10. The van der Waals surface area contributed by atoms with Crippen molar-refractivity contribution in [3.63, 3.8) is 0 Å². The summed E-state index contributed by atoms with van der Waals surface area (Å²) in [6.45, 7) is 1.97. The molecule has 1 aromatic heterocycles. The molecule has 1 atom stereocenters. The van der Waals surface area contributed by atoms with Crippen LogP contribution in [0.15, 0.2) is 65.4 Å². The molecule has 106 valence electrons. The molecule has 2 N–H and O–H groups in total. The molecule has 0 aliphatic carbocycles. The SMILES string of the molecule is C[C@H](N)c1ccc(-n2cc(-c3ccccc3)cn2)cc1Br. The number of nitrogens with zero attached hydrogens (tertiary/aromatic N) is 2. The third-order valence-electron chi connectivity index (χ3n) is 3.43. The van der Waals surface area contributed by atoms with Gasteiger partial charge in [-0.1, -0.05) is 52.3 Å². The third-order valence-corrected chi connectivity index (χ3v) is 4.12. The van der Waals surface area contributed by atoms with E-state index in [0.717, 1.165) is 26.9 Å². The molecule has 0 bridgehead atoms. The molecule has 4 heteroatoms. The number of rotatable bonds is 3. The Morgan fingerprint density at radius 2 is 1.86 bits per heavy atom. The predicted molar refractivity (Wildman–Crippen MR) is 89.3 cm³/mol. The maximum absolute atomic E-state index is 5.93. The van der Waals surface area contributed by atoms with Crippen molar-refractivity contribution in [1.29, 1.82) is 0 Å². The second-order valence-corrected chi connectivity index (χ2v) is 5.89. The molecule has 0 radical (unpaired) electrons. The van der Waals surface area contributed by atoms with Crippen LogP contribution >= 0.6 is 15.9 Å². The molecule has 21 heavy (non-hydrogen) atoms. The van der Waals surface area contributed by atoms with Crippen LogP contribution in [0.3, 0.4) is 0 Å². The van der Waals surface area contributed by atoms with Gasteiger partial charge in [-0.25, -0.2) is 4.68 Å². The molecular weight excluding hydrogens is 326 g/mol. The fraction of sp³-hybridized carbons (Fsp3) is 0.118. The normalized spacial score (nSPS) is 12.3. The first-order valence-corrected chi connectivity index (χ1v) is 7.60. The zero-order valence-corrected chi connectivity index (χ0v) is 13.3. The lowest BCUT2D eigenvalue weighted by molar-refractivity contribution is 0.809. The molecule has 0 fully saturated rings. The van der Waals surface area contributed by atoms with Crippen LogP contribution in [0.25, 0.3) is 16.8 Å². The lowest BCUT2D eigenvalue weighted by atomic mass is 10.1. The van der Waals surface area contributed by atoms with Crippen molar-refractivity contribution in [2.75, 3.05) is 0 Å². The van der Waals surface area contributed by atoms with Crippen LogP contribution in [0.2, 0.25) is 0 Å². The number of nitrogens with two attached hydrogens (primary N) is 1. The Hall–Kier alpha value is -1.91. The first kappa shape index (κ1) is 14.0. The Morgan fingerprint density at radius 3 is 2.52 bits per heavy atom. The number of hydrogen-bond donors (Lipinski definition) is 1. The van der Waals surface area contributed by atoms with E-state index in [2.05, 4.69) is 33.2 Å². The summed E-state index contributed by atoms with van der Waals surface area (Å²) in [5, 5.41) is 4.44. The fourth-order valence-electron chi connectivity index (χ4n) is 2.27. The highest BCUT2D eigenvalue weighted by atomic mass is 79.9. The van der Waals surface area contributed by atoms with Gasteiger partial charge in [0.2, 0.25) is 0 Å². The summed E-state index contributed by atoms with van der Waals surface area (Å²) in [6.07, 6.45) is 3.91. The molecule has 1 heterocycles. The van der Waals surface area contributed by atoms with Crippen LogP contribution in [0.4, 0.5) is 0 Å². The number of halogens is 1. The Balaban J connectivity index is 1.95. The van der Waals surface area contributed by atoms with Crippen LogP contribution in [-0.2, 0) is 0 Å². The molecular formula is C17H16BrN3. The minimum absolute atomic E-state index is 0.00549. The molecule has 0 aliphatic rings. The van der Waals surface area contributed by atoms with Crippen molar-refractivity contribution in [2.24, 2.45) is 5.73 Å². The molecule has 0 unspecified atom stereocenters. The molecule has 3 aromatic rings. The average molecular weight is 342 g/mol. The summed E-state index contributed by atoms with van der Waals surface area (Å²) in [5.41, 5.74) is 10.3. The maximum Gasteiger partial charge on any atom is 0.0657 e. The van der Waals surface area contributed by atoms with Crippen LogP contribution in [0, 0.1) is 0 Å². The zero-order valence-electron chi connectivity index (χ0n) is 11.7. The first-order valence-electron chi connectivity index (χ1n) is 6.80. The van der Waals surface area contributed by atoms with Crippen LogP contribution in [0.5, 0.6) is 0 Å². The number of benzene rings is 2. The Bertz CT molecular complexity index is 748. The van der Waals surface area contributed by atoms with Gasteiger partial charge >= 0.3 is 0 Å². The van der Waals surface area contributed by atoms with E-state index < -0.39 is 0 Å². The molecule has 2 aromatic carbocycles. The summed E-state index contributed by atoms with van der Waals surface area (Å²) in [4.78, 5) is 0. The van der Waals surface area contributed by atoms with Gasteiger partial charge in [-0.05, 0) is 30.2 Å². The van der Waals surface area contributed by atoms with Gasteiger partial charge in [0.1, 0.15) is 0 Å². The van der Waals surface area contributed by atoms with E-state index in [-0.39, 0.29) is 6.04 Å². The summed E-state index contributed by atoms with van der Waals surface area (Å²) in [7, 11) is 0. The molecule has 0 aliphatic heterocycles. The highest BCUT2D eigenvalue weighted by Crippen LogP contribution is 2.26. The van der Waals surface area contributed by atoms with Crippen molar-refractivity contribution >= 4 is 15.9 Å². The average Bonchev–Trinajstić information content (AvgIpc) is 2.97. The molecule has 3 nitrogen and oxygen atoms in total. The summed E-state index contributed by atoms with van der Waals surface area (Å²) >= 11 is 3.58. The van der Waals surface area contributed by atoms with Gasteiger partial charge in [0.05, 0.1) is 11.9 Å². The third kappa shape index (κ3) is 2.91. The molecule has 0 saturated heterocycles. The second-order valence-electron chi connectivity index (χ2n) is 5.03. The fourth-order valence-corrected chi connectivity index (χ4v) is 3.00. The van der Waals surface area contributed by atoms with Crippen LogP contribution in [0.1, 0.15) is 18.5 Å². The molecule has 0 spiro atoms. The van der Waals surface area contributed by atoms with E-state index in [4.69, 9.17) is 5.73 Å². The van der Waals surface area contributed by atoms with Gasteiger partial charge in [-0.3, -0.25) is 0 Å². The highest BCUT2D eigenvalue weighted by Gasteiger charge is 2.08. The van der Waals surface area contributed by atoms with Gasteiger partial charge in [0.15, 0.2) is 0 Å².